The lowest BCUT2D eigenvalue weighted by atomic mass is 9.98. The molecule has 0 amide bonds. The van der Waals surface area contributed by atoms with Crippen LogP contribution >= 0.6 is 0 Å². The van der Waals surface area contributed by atoms with Gasteiger partial charge in [-0.2, -0.15) is 0 Å². The number of benzene rings is 2. The Morgan fingerprint density at radius 1 is 1.00 bits per heavy atom. The second-order valence-electron chi connectivity index (χ2n) is 4.66. The van der Waals surface area contributed by atoms with E-state index >= 15 is 0 Å². The first-order valence-corrected chi connectivity index (χ1v) is 6.13. The summed E-state index contributed by atoms with van der Waals surface area (Å²) in [4.78, 5) is 0. The summed E-state index contributed by atoms with van der Waals surface area (Å²) in [5.74, 6) is -0.730. The summed E-state index contributed by atoms with van der Waals surface area (Å²) in [6.07, 6.45) is -4.73. The van der Waals surface area contributed by atoms with Gasteiger partial charge >= 0.3 is 6.36 Å². The van der Waals surface area contributed by atoms with E-state index in [1.54, 1.807) is 13.0 Å². The fraction of sp³-hybridized carbons (Fsp3) is 0.200. The number of halogens is 4. The van der Waals surface area contributed by atoms with Gasteiger partial charge in [-0.15, -0.1) is 13.2 Å². The van der Waals surface area contributed by atoms with Crippen molar-refractivity contribution in [2.75, 3.05) is 0 Å². The molecule has 0 heterocycles. The van der Waals surface area contributed by atoms with Crippen molar-refractivity contribution >= 4 is 0 Å². The van der Waals surface area contributed by atoms with Crippen LogP contribution in [-0.4, -0.2) is 6.36 Å². The second kappa shape index (κ2) is 5.73. The molecule has 2 nitrogen and oxygen atoms in total. The molecule has 0 fully saturated rings. The van der Waals surface area contributed by atoms with Crippen LogP contribution in [0.5, 0.6) is 5.75 Å². The van der Waals surface area contributed by atoms with Gasteiger partial charge in [0.1, 0.15) is 11.6 Å². The molecule has 21 heavy (non-hydrogen) atoms. The molecular formula is C15H13F4NO. The molecule has 2 aromatic rings. The van der Waals surface area contributed by atoms with E-state index in [9.17, 15) is 17.6 Å². The third kappa shape index (κ3) is 4.19. The topological polar surface area (TPSA) is 35.2 Å². The monoisotopic (exact) mass is 299 g/mol. The Hall–Kier alpha value is -2.08. The van der Waals surface area contributed by atoms with Crippen molar-refractivity contribution in [2.24, 2.45) is 5.73 Å². The van der Waals surface area contributed by atoms with E-state index < -0.39 is 18.2 Å². The molecule has 0 bridgehead atoms. The molecule has 0 aliphatic rings. The fourth-order valence-electron chi connectivity index (χ4n) is 2.01. The first-order chi connectivity index (χ1) is 9.74. The highest BCUT2D eigenvalue weighted by atomic mass is 19.4. The molecule has 0 radical (unpaired) electrons. The number of hydrogen-bond acceptors (Lipinski definition) is 2. The van der Waals surface area contributed by atoms with E-state index in [1.165, 1.54) is 36.4 Å². The minimum Gasteiger partial charge on any atom is -0.406 e. The van der Waals surface area contributed by atoms with Gasteiger partial charge in [0.2, 0.25) is 0 Å². The van der Waals surface area contributed by atoms with Gasteiger partial charge in [-0.3, -0.25) is 0 Å². The first-order valence-electron chi connectivity index (χ1n) is 6.13. The molecule has 0 spiro atoms. The zero-order chi connectivity index (χ0) is 15.6. The van der Waals surface area contributed by atoms with E-state index in [2.05, 4.69) is 4.74 Å². The van der Waals surface area contributed by atoms with Gasteiger partial charge in [-0.05, 0) is 47.9 Å². The summed E-state index contributed by atoms with van der Waals surface area (Å²) >= 11 is 0. The van der Waals surface area contributed by atoms with Crippen molar-refractivity contribution in [1.82, 2.24) is 0 Å². The highest BCUT2D eigenvalue weighted by Crippen LogP contribution is 2.26. The summed E-state index contributed by atoms with van der Waals surface area (Å²) in [7, 11) is 0. The van der Waals surface area contributed by atoms with Crippen molar-refractivity contribution in [3.63, 3.8) is 0 Å². The highest BCUT2D eigenvalue weighted by Gasteiger charge is 2.31. The maximum atomic E-state index is 13.4. The van der Waals surface area contributed by atoms with Crippen LogP contribution in [0, 0.1) is 12.7 Å². The Morgan fingerprint density at radius 3 is 2.14 bits per heavy atom. The van der Waals surface area contributed by atoms with Crippen LogP contribution in [0.3, 0.4) is 0 Å². The zero-order valence-electron chi connectivity index (χ0n) is 11.1. The minimum atomic E-state index is -4.73. The first kappa shape index (κ1) is 15.3. The predicted octanol–water partition coefficient (Wildman–Crippen LogP) is 4.08. The normalized spacial score (nSPS) is 13.0. The van der Waals surface area contributed by atoms with Crippen LogP contribution in [0.2, 0.25) is 0 Å². The fourth-order valence-corrected chi connectivity index (χ4v) is 2.01. The Morgan fingerprint density at radius 2 is 1.62 bits per heavy atom. The average molecular weight is 299 g/mol. The number of ether oxygens (including phenoxy) is 1. The molecule has 0 saturated heterocycles. The Bertz CT molecular complexity index is 602. The summed E-state index contributed by atoms with van der Waals surface area (Å²) < 4.78 is 53.3. The number of aryl methyl sites for hydroxylation is 1. The van der Waals surface area contributed by atoms with Crippen LogP contribution in [0.1, 0.15) is 22.7 Å². The molecule has 2 rings (SSSR count). The highest BCUT2D eigenvalue weighted by molar-refractivity contribution is 5.36. The number of alkyl halides is 3. The van der Waals surface area contributed by atoms with Crippen LogP contribution in [0.25, 0.3) is 0 Å². The van der Waals surface area contributed by atoms with Gasteiger partial charge in [0.15, 0.2) is 0 Å². The Balaban J connectivity index is 2.21. The van der Waals surface area contributed by atoms with Crippen LogP contribution < -0.4 is 10.5 Å². The average Bonchev–Trinajstić information content (AvgIpc) is 2.35. The summed E-state index contributed by atoms with van der Waals surface area (Å²) in [5.41, 5.74) is 7.84. The minimum absolute atomic E-state index is 0.325. The van der Waals surface area contributed by atoms with Gasteiger partial charge in [-0.25, -0.2) is 4.39 Å². The second-order valence-corrected chi connectivity index (χ2v) is 4.66. The molecule has 1 atom stereocenters. The largest absolute Gasteiger partial charge is 0.573 e. The van der Waals surface area contributed by atoms with Crippen molar-refractivity contribution in [3.8, 4) is 5.75 Å². The maximum Gasteiger partial charge on any atom is 0.573 e. The molecule has 2 aromatic carbocycles. The van der Waals surface area contributed by atoms with Crippen LogP contribution in [-0.2, 0) is 0 Å². The molecule has 6 heteroatoms. The van der Waals surface area contributed by atoms with Crippen LogP contribution in [0.15, 0.2) is 42.5 Å². The van der Waals surface area contributed by atoms with Crippen molar-refractivity contribution in [2.45, 2.75) is 19.3 Å². The van der Waals surface area contributed by atoms with Gasteiger partial charge in [0.05, 0.1) is 6.04 Å². The Labute approximate surface area is 119 Å². The van der Waals surface area contributed by atoms with E-state index in [0.717, 1.165) is 5.56 Å². The molecular weight excluding hydrogens is 286 g/mol. The van der Waals surface area contributed by atoms with E-state index in [-0.39, 0.29) is 5.75 Å². The smallest absolute Gasteiger partial charge is 0.406 e. The number of hydrogen-bond donors (Lipinski definition) is 1. The lowest BCUT2D eigenvalue weighted by Gasteiger charge is -2.15. The van der Waals surface area contributed by atoms with Gasteiger partial charge in [0, 0.05) is 0 Å². The molecule has 1 unspecified atom stereocenters. The number of nitrogens with two attached hydrogens (primary N) is 1. The summed E-state index contributed by atoms with van der Waals surface area (Å²) in [6.45, 7) is 1.74. The van der Waals surface area contributed by atoms with E-state index in [1.807, 2.05) is 0 Å². The summed E-state index contributed by atoms with van der Waals surface area (Å²) in [6, 6.07) is 8.98. The van der Waals surface area contributed by atoms with Gasteiger partial charge in [-0.1, -0.05) is 18.2 Å². The molecule has 0 aliphatic heterocycles. The third-order valence-corrected chi connectivity index (χ3v) is 2.90. The van der Waals surface area contributed by atoms with Crippen molar-refractivity contribution in [3.05, 3.63) is 65.0 Å². The lowest BCUT2D eigenvalue weighted by molar-refractivity contribution is -0.274. The maximum absolute atomic E-state index is 13.4. The van der Waals surface area contributed by atoms with Crippen molar-refractivity contribution < 1.29 is 22.3 Å². The molecule has 2 N–H and O–H groups in total. The lowest BCUT2D eigenvalue weighted by Crippen LogP contribution is -2.17. The third-order valence-electron chi connectivity index (χ3n) is 2.90. The molecule has 0 aromatic heterocycles. The zero-order valence-corrected chi connectivity index (χ0v) is 11.1. The van der Waals surface area contributed by atoms with Gasteiger partial charge in [0.25, 0.3) is 0 Å². The number of rotatable bonds is 3. The van der Waals surface area contributed by atoms with Crippen LogP contribution in [0.4, 0.5) is 17.6 Å². The molecule has 112 valence electrons. The van der Waals surface area contributed by atoms with E-state index in [0.29, 0.717) is 11.1 Å². The molecule has 0 aliphatic carbocycles. The molecule has 0 saturated carbocycles. The summed E-state index contributed by atoms with van der Waals surface area (Å²) in [5, 5.41) is 0. The quantitative estimate of drug-likeness (QED) is 0.867. The predicted molar refractivity (Wildman–Crippen MR) is 70.3 cm³/mol. The Kier molecular flexibility index (Phi) is 4.18. The standard InChI is InChI=1S/C15H13F4NO/c1-9-6-11(8-12(16)7-9)14(20)10-2-4-13(5-3-10)21-15(17,18)19/h2-8,14H,20H2,1H3. The van der Waals surface area contributed by atoms with Gasteiger partial charge < -0.3 is 10.5 Å². The SMILES string of the molecule is Cc1cc(F)cc(C(N)c2ccc(OC(F)(F)F)cc2)c1. The van der Waals surface area contributed by atoms with Crippen molar-refractivity contribution in [1.29, 1.82) is 0 Å². The van der Waals surface area contributed by atoms with E-state index in [4.69, 9.17) is 5.73 Å².